The van der Waals surface area contributed by atoms with Gasteiger partial charge >= 0.3 is 0 Å². The summed E-state index contributed by atoms with van der Waals surface area (Å²) in [6.07, 6.45) is 6.78. The highest BCUT2D eigenvalue weighted by Gasteiger charge is 2.45. The Hall–Kier alpha value is -2.16. The quantitative estimate of drug-likeness (QED) is 0.711. The normalized spacial score (nSPS) is 30.8. The lowest BCUT2D eigenvalue weighted by Crippen LogP contribution is -2.47. The number of amides is 1. The number of nitrogens with two attached hydrogens (primary N) is 1. The molecule has 2 aliphatic heterocycles. The minimum absolute atomic E-state index is 0.0639. The van der Waals surface area contributed by atoms with Gasteiger partial charge in [-0.15, -0.1) is 17.7 Å². The van der Waals surface area contributed by atoms with Gasteiger partial charge in [0.25, 0.3) is 0 Å². The molecule has 2 N–H and O–H groups in total. The van der Waals surface area contributed by atoms with Crippen LogP contribution in [0.25, 0.3) is 0 Å². The number of guanidine groups is 1. The zero-order valence-electron chi connectivity index (χ0n) is 16.3. The second-order valence-electron chi connectivity index (χ2n) is 7.86. The van der Waals surface area contributed by atoms with Gasteiger partial charge in [0.05, 0.1) is 12.0 Å². The Balaban J connectivity index is 1.86. The summed E-state index contributed by atoms with van der Waals surface area (Å²) in [5.74, 6) is 6.30. The van der Waals surface area contributed by atoms with Gasteiger partial charge in [-0.3, -0.25) is 9.69 Å². The first-order valence-corrected chi connectivity index (χ1v) is 10.4. The Bertz CT molecular complexity index is 1050. The van der Waals surface area contributed by atoms with Crippen molar-refractivity contribution in [3.05, 3.63) is 52.1 Å². The number of carbonyl (C=O) groups is 1. The van der Waals surface area contributed by atoms with Crippen LogP contribution in [0.1, 0.15) is 38.3 Å². The van der Waals surface area contributed by atoms with E-state index in [-0.39, 0.29) is 29.0 Å². The van der Waals surface area contributed by atoms with E-state index in [0.29, 0.717) is 5.02 Å². The van der Waals surface area contributed by atoms with Crippen LogP contribution in [0.5, 0.6) is 0 Å². The number of rotatable bonds is 1. The molecule has 0 saturated carbocycles. The van der Waals surface area contributed by atoms with E-state index in [1.54, 1.807) is 7.05 Å². The van der Waals surface area contributed by atoms with E-state index in [1.807, 2.05) is 31.7 Å². The molecule has 144 valence electrons. The highest BCUT2D eigenvalue weighted by molar-refractivity contribution is 8.00. The van der Waals surface area contributed by atoms with Crippen molar-refractivity contribution in [3.8, 4) is 11.8 Å². The lowest BCUT2D eigenvalue weighted by atomic mass is 9.74. The highest BCUT2D eigenvalue weighted by Crippen LogP contribution is 2.55. The number of carbonyl (C=O) groups excluding carboxylic acids is 1. The summed E-state index contributed by atoms with van der Waals surface area (Å²) in [6.45, 7) is 6.00. The van der Waals surface area contributed by atoms with E-state index in [9.17, 15) is 4.79 Å². The Labute approximate surface area is 174 Å². The minimum atomic E-state index is -0.779. The smallest absolute Gasteiger partial charge is 0.231 e. The standard InChI is InChI=1S/C22H22ClN3OS/c1-5-6-13-7-8-18-21(2,11-13)15-9-14(16(23)10-17(15)28-18)22(3)12-19(27)26(4)20(24)25-22/h7-11,18H,12H2,1-4H3,(H2,24,25)/t18?,21?,22-/m0/s1. The summed E-state index contributed by atoms with van der Waals surface area (Å²) in [5, 5.41) is 0.906. The number of halogens is 1. The Morgan fingerprint density at radius 2 is 2.11 bits per heavy atom. The van der Waals surface area contributed by atoms with Gasteiger partial charge in [-0.05, 0) is 43.2 Å². The first-order chi connectivity index (χ1) is 13.2. The number of nitrogens with zero attached hydrogens (tertiary/aromatic N) is 2. The van der Waals surface area contributed by atoms with Crippen LogP contribution in [0.15, 0.2) is 45.8 Å². The summed E-state index contributed by atoms with van der Waals surface area (Å²) in [5.41, 5.74) is 8.10. The maximum absolute atomic E-state index is 12.4. The van der Waals surface area contributed by atoms with Crippen LogP contribution in [0.2, 0.25) is 5.02 Å². The van der Waals surface area contributed by atoms with Gasteiger partial charge in [-0.25, -0.2) is 4.99 Å². The number of benzene rings is 1. The first kappa shape index (κ1) is 19.2. The third-order valence-corrected chi connectivity index (χ3v) is 7.63. The third-order valence-electron chi connectivity index (χ3n) is 5.82. The fourth-order valence-electron chi connectivity index (χ4n) is 4.15. The fourth-order valence-corrected chi connectivity index (χ4v) is 6.04. The minimum Gasteiger partial charge on any atom is -0.369 e. The number of thioether (sulfide) groups is 1. The summed E-state index contributed by atoms with van der Waals surface area (Å²) >= 11 is 8.49. The van der Waals surface area contributed by atoms with Crippen LogP contribution >= 0.6 is 23.4 Å². The molecule has 1 amide bonds. The monoisotopic (exact) mass is 411 g/mol. The molecule has 0 saturated heterocycles. The number of hydrogen-bond donors (Lipinski definition) is 1. The fraction of sp³-hybridized carbons (Fsp3) is 0.364. The van der Waals surface area contributed by atoms with E-state index in [2.05, 4.69) is 48.1 Å². The second kappa shape index (κ2) is 6.43. The van der Waals surface area contributed by atoms with Gasteiger partial charge in [0, 0.05) is 33.2 Å². The molecular formula is C22H22ClN3OS. The van der Waals surface area contributed by atoms with E-state index in [4.69, 9.17) is 17.3 Å². The summed E-state index contributed by atoms with van der Waals surface area (Å²) in [4.78, 5) is 19.6. The molecule has 4 nitrogen and oxygen atoms in total. The lowest BCUT2D eigenvalue weighted by Gasteiger charge is -2.35. The van der Waals surface area contributed by atoms with E-state index >= 15 is 0 Å². The molecule has 4 rings (SSSR count). The van der Waals surface area contributed by atoms with Crippen molar-refractivity contribution < 1.29 is 4.79 Å². The van der Waals surface area contributed by atoms with Crippen LogP contribution in [0.4, 0.5) is 0 Å². The molecule has 0 bridgehead atoms. The Morgan fingerprint density at radius 3 is 2.79 bits per heavy atom. The average Bonchev–Trinajstić information content (AvgIpc) is 2.90. The van der Waals surface area contributed by atoms with Crippen molar-refractivity contribution in [1.82, 2.24) is 4.90 Å². The van der Waals surface area contributed by atoms with Gasteiger partial charge in [0.1, 0.15) is 0 Å². The van der Waals surface area contributed by atoms with E-state index in [0.717, 1.165) is 16.0 Å². The molecule has 1 aliphatic carbocycles. The number of fused-ring (bicyclic) bond motifs is 3. The molecule has 3 aliphatic rings. The lowest BCUT2D eigenvalue weighted by molar-refractivity contribution is -0.128. The van der Waals surface area contributed by atoms with Gasteiger partial charge in [0.15, 0.2) is 5.96 Å². The van der Waals surface area contributed by atoms with Crippen molar-refractivity contribution in [3.63, 3.8) is 0 Å². The number of hydrogen-bond acceptors (Lipinski definition) is 4. The van der Waals surface area contributed by atoms with E-state index < -0.39 is 5.54 Å². The molecule has 1 aromatic rings. The van der Waals surface area contributed by atoms with Crippen LogP contribution in [-0.2, 0) is 15.7 Å². The average molecular weight is 412 g/mol. The summed E-state index contributed by atoms with van der Waals surface area (Å²) < 4.78 is 0. The second-order valence-corrected chi connectivity index (χ2v) is 9.45. The topological polar surface area (TPSA) is 58.7 Å². The van der Waals surface area contributed by atoms with E-state index in [1.165, 1.54) is 10.5 Å². The number of allylic oxidation sites excluding steroid dienone is 3. The number of aliphatic imine (C=N–C) groups is 1. The predicted molar refractivity (Wildman–Crippen MR) is 115 cm³/mol. The summed E-state index contributed by atoms with van der Waals surface area (Å²) in [7, 11) is 1.64. The van der Waals surface area contributed by atoms with Crippen molar-refractivity contribution in [2.45, 2.75) is 48.3 Å². The molecule has 0 radical (unpaired) electrons. The van der Waals surface area contributed by atoms with Crippen molar-refractivity contribution in [2.75, 3.05) is 7.05 Å². The molecular weight excluding hydrogens is 390 g/mol. The van der Waals surface area contributed by atoms with Gasteiger partial charge in [0.2, 0.25) is 5.91 Å². The third kappa shape index (κ3) is 2.78. The van der Waals surface area contributed by atoms with Crippen LogP contribution in [0.3, 0.4) is 0 Å². The molecule has 1 aromatic carbocycles. The largest absolute Gasteiger partial charge is 0.369 e. The van der Waals surface area contributed by atoms with Crippen LogP contribution in [0, 0.1) is 11.8 Å². The molecule has 2 unspecified atom stereocenters. The maximum atomic E-state index is 12.4. The molecule has 0 aromatic heterocycles. The summed E-state index contributed by atoms with van der Waals surface area (Å²) in [6, 6.07) is 4.12. The Kier molecular flexibility index (Phi) is 4.41. The molecule has 3 atom stereocenters. The molecule has 6 heteroatoms. The molecule has 28 heavy (non-hydrogen) atoms. The van der Waals surface area contributed by atoms with Crippen molar-refractivity contribution in [1.29, 1.82) is 0 Å². The predicted octanol–water partition coefficient (Wildman–Crippen LogP) is 3.98. The SMILES string of the molecule is CC#CC1=CC2(C)c3cc([C@]4(C)CC(=O)N(C)C(N)=N4)c(Cl)cc3SC2C=C1. The maximum Gasteiger partial charge on any atom is 0.231 e. The van der Waals surface area contributed by atoms with Crippen molar-refractivity contribution >= 4 is 35.2 Å². The van der Waals surface area contributed by atoms with Crippen molar-refractivity contribution in [2.24, 2.45) is 10.7 Å². The first-order valence-electron chi connectivity index (χ1n) is 9.15. The molecule has 0 fully saturated rings. The van der Waals surface area contributed by atoms with Crippen LogP contribution in [-0.4, -0.2) is 29.1 Å². The zero-order valence-corrected chi connectivity index (χ0v) is 17.9. The zero-order chi connectivity index (χ0) is 20.3. The van der Waals surface area contributed by atoms with Gasteiger partial charge < -0.3 is 5.73 Å². The van der Waals surface area contributed by atoms with Gasteiger partial charge in [-0.1, -0.05) is 36.6 Å². The molecule has 2 heterocycles. The Morgan fingerprint density at radius 1 is 1.36 bits per heavy atom. The highest BCUT2D eigenvalue weighted by atomic mass is 35.5. The van der Waals surface area contributed by atoms with Crippen LogP contribution < -0.4 is 5.73 Å². The van der Waals surface area contributed by atoms with Gasteiger partial charge in [-0.2, -0.15) is 0 Å². The molecule has 0 spiro atoms.